The van der Waals surface area contributed by atoms with Crippen LogP contribution in [0.3, 0.4) is 0 Å². The first kappa shape index (κ1) is 12.3. The van der Waals surface area contributed by atoms with Crippen LogP contribution < -0.4 is 10.1 Å². The van der Waals surface area contributed by atoms with Crippen molar-refractivity contribution in [2.24, 2.45) is 0 Å². The lowest BCUT2D eigenvalue weighted by Crippen LogP contribution is -2.43. The highest BCUT2D eigenvalue weighted by Crippen LogP contribution is 2.36. The molecule has 17 heavy (non-hydrogen) atoms. The van der Waals surface area contributed by atoms with Crippen molar-refractivity contribution < 1.29 is 13.9 Å². The first-order valence-corrected chi connectivity index (χ1v) is 5.41. The highest BCUT2D eigenvalue weighted by Gasteiger charge is 2.42. The predicted octanol–water partition coefficient (Wildman–Crippen LogP) is 1.94. The molecular weight excluding hydrogens is 245 g/mol. The SMILES string of the molecule is Cl.O=C1CC2(CCNC2)Oc2ccc(F)cc21. The average Bonchev–Trinajstić information content (AvgIpc) is 2.68. The molecule has 2 heterocycles. The lowest BCUT2D eigenvalue weighted by Gasteiger charge is -2.33. The van der Waals surface area contributed by atoms with Gasteiger partial charge in [-0.3, -0.25) is 4.79 Å². The summed E-state index contributed by atoms with van der Waals surface area (Å²) >= 11 is 0. The van der Waals surface area contributed by atoms with Gasteiger partial charge in [0.2, 0.25) is 0 Å². The molecule has 1 spiro atoms. The summed E-state index contributed by atoms with van der Waals surface area (Å²) in [7, 11) is 0. The number of carbonyl (C=O) groups excluding carboxylic acids is 1. The Morgan fingerprint density at radius 1 is 1.41 bits per heavy atom. The Kier molecular flexibility index (Phi) is 3.10. The Balaban J connectivity index is 0.00000108. The van der Waals surface area contributed by atoms with E-state index in [0.29, 0.717) is 24.3 Å². The van der Waals surface area contributed by atoms with Crippen LogP contribution in [0.5, 0.6) is 5.75 Å². The zero-order valence-corrected chi connectivity index (χ0v) is 9.98. The first-order valence-electron chi connectivity index (χ1n) is 5.41. The van der Waals surface area contributed by atoms with Crippen LogP contribution in [0.15, 0.2) is 18.2 Å². The third-order valence-electron chi connectivity index (χ3n) is 3.26. The number of hydrogen-bond acceptors (Lipinski definition) is 3. The van der Waals surface area contributed by atoms with Gasteiger partial charge < -0.3 is 10.1 Å². The van der Waals surface area contributed by atoms with Gasteiger partial charge in [-0.1, -0.05) is 0 Å². The lowest BCUT2D eigenvalue weighted by molar-refractivity contribution is 0.0527. The molecule has 1 atom stereocenters. The van der Waals surface area contributed by atoms with Crippen molar-refractivity contribution in [2.75, 3.05) is 13.1 Å². The normalized spacial score (nSPS) is 26.3. The summed E-state index contributed by atoms with van der Waals surface area (Å²) in [6, 6.07) is 4.13. The highest BCUT2D eigenvalue weighted by atomic mass is 35.5. The zero-order valence-electron chi connectivity index (χ0n) is 9.16. The molecule has 0 radical (unpaired) electrons. The minimum absolute atomic E-state index is 0. The number of nitrogens with one attached hydrogen (secondary N) is 1. The molecule has 1 N–H and O–H groups in total. The number of Topliss-reactive ketones (excluding diaryl/α,β-unsaturated/α-hetero) is 1. The second-order valence-corrected chi connectivity index (χ2v) is 4.45. The van der Waals surface area contributed by atoms with Gasteiger partial charge in [-0.2, -0.15) is 0 Å². The number of rotatable bonds is 0. The Bertz CT molecular complexity index is 458. The van der Waals surface area contributed by atoms with Gasteiger partial charge in [0.1, 0.15) is 17.2 Å². The van der Waals surface area contributed by atoms with Crippen LogP contribution in [0.4, 0.5) is 4.39 Å². The van der Waals surface area contributed by atoms with Crippen molar-refractivity contribution in [1.29, 1.82) is 0 Å². The van der Waals surface area contributed by atoms with E-state index in [1.807, 2.05) is 0 Å². The van der Waals surface area contributed by atoms with Crippen LogP contribution in [0.2, 0.25) is 0 Å². The third kappa shape index (κ3) is 2.03. The van der Waals surface area contributed by atoms with Crippen LogP contribution in [-0.2, 0) is 0 Å². The topological polar surface area (TPSA) is 38.3 Å². The van der Waals surface area contributed by atoms with Crippen LogP contribution in [0, 0.1) is 5.82 Å². The Morgan fingerprint density at radius 3 is 2.94 bits per heavy atom. The fourth-order valence-corrected chi connectivity index (χ4v) is 2.43. The van der Waals surface area contributed by atoms with E-state index in [9.17, 15) is 9.18 Å². The molecule has 2 aliphatic rings. The molecule has 3 nitrogen and oxygen atoms in total. The second-order valence-electron chi connectivity index (χ2n) is 4.45. The molecule has 2 aliphatic heterocycles. The van der Waals surface area contributed by atoms with Gasteiger partial charge in [0.05, 0.1) is 12.0 Å². The number of ether oxygens (including phenoxy) is 1. The third-order valence-corrected chi connectivity index (χ3v) is 3.26. The summed E-state index contributed by atoms with van der Waals surface area (Å²) < 4.78 is 18.9. The second kappa shape index (κ2) is 4.27. The fraction of sp³-hybridized carbons (Fsp3) is 0.417. The summed E-state index contributed by atoms with van der Waals surface area (Å²) in [6.45, 7) is 1.55. The van der Waals surface area contributed by atoms with E-state index < -0.39 is 11.4 Å². The van der Waals surface area contributed by atoms with Crippen molar-refractivity contribution in [1.82, 2.24) is 5.32 Å². The molecule has 0 amide bonds. The van der Waals surface area contributed by atoms with E-state index in [1.54, 1.807) is 6.07 Å². The maximum Gasteiger partial charge on any atom is 0.170 e. The standard InChI is InChI=1S/C12H12FNO2.ClH/c13-8-1-2-11-9(5-8)10(15)6-12(16-11)3-4-14-7-12;/h1-2,5,14H,3-4,6-7H2;1H. The Morgan fingerprint density at radius 2 is 2.24 bits per heavy atom. The fourth-order valence-electron chi connectivity index (χ4n) is 2.43. The Labute approximate surface area is 105 Å². The Hall–Kier alpha value is -1.13. The van der Waals surface area contributed by atoms with Crippen LogP contribution in [-0.4, -0.2) is 24.5 Å². The minimum Gasteiger partial charge on any atom is -0.485 e. The smallest absolute Gasteiger partial charge is 0.170 e. The average molecular weight is 258 g/mol. The summed E-state index contributed by atoms with van der Waals surface area (Å²) in [5, 5.41) is 3.19. The number of ketones is 1. The molecule has 92 valence electrons. The van der Waals surface area contributed by atoms with Crippen molar-refractivity contribution in [3.63, 3.8) is 0 Å². The summed E-state index contributed by atoms with van der Waals surface area (Å²) in [4.78, 5) is 11.9. The number of fused-ring (bicyclic) bond motifs is 1. The monoisotopic (exact) mass is 257 g/mol. The van der Waals surface area contributed by atoms with E-state index in [-0.39, 0.29) is 18.2 Å². The van der Waals surface area contributed by atoms with E-state index >= 15 is 0 Å². The molecule has 0 bridgehead atoms. The molecule has 0 saturated carbocycles. The molecule has 0 aliphatic carbocycles. The highest BCUT2D eigenvalue weighted by molar-refractivity contribution is 6.00. The maximum atomic E-state index is 13.0. The van der Waals surface area contributed by atoms with E-state index in [4.69, 9.17) is 4.74 Å². The molecule has 1 unspecified atom stereocenters. The van der Waals surface area contributed by atoms with Gasteiger partial charge in [-0.05, 0) is 24.7 Å². The molecule has 1 aromatic carbocycles. The van der Waals surface area contributed by atoms with Gasteiger partial charge in [0, 0.05) is 13.0 Å². The lowest BCUT2D eigenvalue weighted by atomic mass is 9.89. The number of hydrogen-bond donors (Lipinski definition) is 1. The van der Waals surface area contributed by atoms with Gasteiger partial charge in [0.25, 0.3) is 0 Å². The minimum atomic E-state index is -0.401. The number of benzene rings is 1. The van der Waals surface area contributed by atoms with Gasteiger partial charge in [-0.15, -0.1) is 12.4 Å². The maximum absolute atomic E-state index is 13.0. The quantitative estimate of drug-likeness (QED) is 0.772. The van der Waals surface area contributed by atoms with Crippen molar-refractivity contribution in [3.05, 3.63) is 29.6 Å². The van der Waals surface area contributed by atoms with Gasteiger partial charge in [-0.25, -0.2) is 4.39 Å². The largest absolute Gasteiger partial charge is 0.485 e. The van der Waals surface area contributed by atoms with Gasteiger partial charge in [0.15, 0.2) is 5.78 Å². The summed E-state index contributed by atoms with van der Waals surface area (Å²) in [5.74, 6) is 0.0991. The van der Waals surface area contributed by atoms with E-state index in [2.05, 4.69) is 5.32 Å². The molecular formula is C12H13ClFNO2. The van der Waals surface area contributed by atoms with Crippen molar-refractivity contribution in [2.45, 2.75) is 18.4 Å². The molecule has 0 aromatic heterocycles. The zero-order chi connectivity index (χ0) is 11.2. The van der Waals surface area contributed by atoms with E-state index in [0.717, 1.165) is 13.0 Å². The predicted molar refractivity (Wildman–Crippen MR) is 63.4 cm³/mol. The molecule has 1 aromatic rings. The molecule has 3 rings (SSSR count). The molecule has 1 saturated heterocycles. The first-order chi connectivity index (χ1) is 7.69. The van der Waals surface area contributed by atoms with Crippen LogP contribution >= 0.6 is 12.4 Å². The van der Waals surface area contributed by atoms with E-state index in [1.165, 1.54) is 12.1 Å². The van der Waals surface area contributed by atoms with Crippen LogP contribution in [0.1, 0.15) is 23.2 Å². The van der Waals surface area contributed by atoms with Crippen molar-refractivity contribution >= 4 is 18.2 Å². The molecule has 1 fully saturated rings. The molecule has 5 heteroatoms. The summed E-state index contributed by atoms with van der Waals surface area (Å²) in [6.07, 6.45) is 1.17. The summed E-state index contributed by atoms with van der Waals surface area (Å²) in [5.41, 5.74) is -0.0282. The number of halogens is 2. The van der Waals surface area contributed by atoms with Gasteiger partial charge >= 0.3 is 0 Å². The van der Waals surface area contributed by atoms with Crippen LogP contribution in [0.25, 0.3) is 0 Å². The number of carbonyl (C=O) groups is 1. The van der Waals surface area contributed by atoms with Crippen molar-refractivity contribution in [3.8, 4) is 5.75 Å².